The van der Waals surface area contributed by atoms with E-state index in [1.165, 1.54) is 4.90 Å². The van der Waals surface area contributed by atoms with E-state index in [1.54, 1.807) is 39.0 Å². The molecule has 4 rings (SSSR count). The van der Waals surface area contributed by atoms with Gasteiger partial charge in [0.25, 0.3) is 0 Å². The summed E-state index contributed by atoms with van der Waals surface area (Å²) < 4.78 is 0.739. The van der Waals surface area contributed by atoms with Gasteiger partial charge < -0.3 is 11.1 Å². The van der Waals surface area contributed by atoms with Crippen molar-refractivity contribution in [1.82, 2.24) is 10.2 Å². The lowest BCUT2D eigenvalue weighted by atomic mass is 9.76. The summed E-state index contributed by atoms with van der Waals surface area (Å²) in [6.07, 6.45) is -0.142. The minimum atomic E-state index is -1.42. The van der Waals surface area contributed by atoms with Crippen LogP contribution in [-0.2, 0) is 24.7 Å². The molecule has 0 radical (unpaired) electrons. The third-order valence-electron chi connectivity index (χ3n) is 5.77. The summed E-state index contributed by atoms with van der Waals surface area (Å²) in [6, 6.07) is 4.59. The van der Waals surface area contributed by atoms with Crippen LogP contribution in [0.15, 0.2) is 22.7 Å². The predicted octanol–water partition coefficient (Wildman–Crippen LogP) is 0.843. The second-order valence-electron chi connectivity index (χ2n) is 8.56. The Bertz CT molecular complexity index is 940. The first-order valence-corrected chi connectivity index (χ1v) is 9.83. The summed E-state index contributed by atoms with van der Waals surface area (Å²) in [5.74, 6) is -3.58. The number of nitrogens with two attached hydrogens (primary N) is 1. The Balaban J connectivity index is 1.92. The average Bonchev–Trinajstić information content (AvgIpc) is 3.12. The van der Waals surface area contributed by atoms with Crippen LogP contribution in [-0.4, -0.2) is 40.1 Å². The van der Waals surface area contributed by atoms with Crippen LogP contribution in [0.3, 0.4) is 0 Å². The van der Waals surface area contributed by atoms with Crippen LogP contribution >= 0.6 is 15.9 Å². The standard InChI is InChI=1S/C19H21BrN4O4/c1-18(2,3)24-15(26)13-11(7-12(21)25)23-19(14(13)16(24)27)9-6-8(20)4-5-10(9)22-17(19)28/h4-6,11,13-14,23H,7H2,1-3H3,(H2,21,25)(H,22,28)/t11-,13+,14-,19+/m0/s1. The molecule has 3 aliphatic heterocycles. The van der Waals surface area contributed by atoms with E-state index in [2.05, 4.69) is 26.6 Å². The fraction of sp³-hybridized carbons (Fsp3) is 0.474. The monoisotopic (exact) mass is 448 g/mol. The molecule has 2 fully saturated rings. The number of anilines is 1. The van der Waals surface area contributed by atoms with Crippen LogP contribution in [0, 0.1) is 11.8 Å². The van der Waals surface area contributed by atoms with Crippen LogP contribution in [0.2, 0.25) is 0 Å². The maximum Gasteiger partial charge on any atom is 0.250 e. The van der Waals surface area contributed by atoms with Crippen LogP contribution in [0.5, 0.6) is 0 Å². The van der Waals surface area contributed by atoms with Gasteiger partial charge in [-0.15, -0.1) is 0 Å². The maximum absolute atomic E-state index is 13.4. The Morgan fingerprint density at radius 1 is 1.25 bits per heavy atom. The number of imide groups is 1. The lowest BCUT2D eigenvalue weighted by Gasteiger charge is -2.34. The number of halogens is 1. The minimum absolute atomic E-state index is 0.142. The van der Waals surface area contributed by atoms with Gasteiger partial charge in [-0.3, -0.25) is 29.4 Å². The Morgan fingerprint density at radius 2 is 1.93 bits per heavy atom. The molecule has 0 unspecified atom stereocenters. The molecule has 2 saturated heterocycles. The summed E-state index contributed by atoms with van der Waals surface area (Å²) >= 11 is 3.41. The first-order valence-electron chi connectivity index (χ1n) is 9.04. The van der Waals surface area contributed by atoms with Crippen molar-refractivity contribution in [1.29, 1.82) is 0 Å². The van der Waals surface area contributed by atoms with Crippen molar-refractivity contribution in [3.63, 3.8) is 0 Å². The minimum Gasteiger partial charge on any atom is -0.370 e. The van der Waals surface area contributed by atoms with Crippen molar-refractivity contribution in [3.05, 3.63) is 28.2 Å². The van der Waals surface area contributed by atoms with Crippen molar-refractivity contribution in [3.8, 4) is 0 Å². The van der Waals surface area contributed by atoms with E-state index in [0.29, 0.717) is 11.3 Å². The van der Waals surface area contributed by atoms with Crippen molar-refractivity contribution in [2.24, 2.45) is 17.6 Å². The van der Waals surface area contributed by atoms with E-state index in [-0.39, 0.29) is 12.3 Å². The summed E-state index contributed by atoms with van der Waals surface area (Å²) in [7, 11) is 0. The van der Waals surface area contributed by atoms with Crippen LogP contribution in [0.4, 0.5) is 5.69 Å². The quantitative estimate of drug-likeness (QED) is 0.578. The van der Waals surface area contributed by atoms with Gasteiger partial charge in [-0.05, 0) is 39.0 Å². The number of rotatable bonds is 2. The highest BCUT2D eigenvalue weighted by molar-refractivity contribution is 9.10. The van der Waals surface area contributed by atoms with Crippen LogP contribution in [0.1, 0.15) is 32.8 Å². The normalized spacial score (nSPS) is 31.4. The fourth-order valence-corrected chi connectivity index (χ4v) is 5.19. The van der Waals surface area contributed by atoms with Crippen molar-refractivity contribution < 1.29 is 19.2 Å². The van der Waals surface area contributed by atoms with E-state index in [1.807, 2.05) is 0 Å². The van der Waals surface area contributed by atoms with E-state index in [9.17, 15) is 19.2 Å². The summed E-state index contributed by atoms with van der Waals surface area (Å²) in [6.45, 7) is 5.31. The first-order chi connectivity index (χ1) is 13.0. The van der Waals surface area contributed by atoms with E-state index >= 15 is 0 Å². The molecule has 0 bridgehead atoms. The number of benzene rings is 1. The van der Waals surface area contributed by atoms with E-state index in [0.717, 1.165) is 4.47 Å². The Labute approximate surface area is 170 Å². The molecular formula is C19H21BrN4O4. The van der Waals surface area contributed by atoms with Crippen LogP contribution in [0.25, 0.3) is 0 Å². The molecule has 3 heterocycles. The molecule has 3 aliphatic rings. The van der Waals surface area contributed by atoms with E-state index in [4.69, 9.17) is 5.73 Å². The number of carbonyl (C=O) groups excluding carboxylic acids is 4. The molecule has 4 amide bonds. The van der Waals surface area contributed by atoms with Crippen molar-refractivity contribution >= 4 is 45.2 Å². The smallest absolute Gasteiger partial charge is 0.250 e. The number of fused-ring (bicyclic) bond motifs is 4. The van der Waals surface area contributed by atoms with Crippen molar-refractivity contribution in [2.45, 2.75) is 44.3 Å². The number of likely N-dealkylation sites (tertiary alicyclic amines) is 1. The lowest BCUT2D eigenvalue weighted by Crippen LogP contribution is -2.56. The summed E-state index contributed by atoms with van der Waals surface area (Å²) in [5.41, 5.74) is 4.40. The Hall–Kier alpha value is -2.26. The number of primary amides is 1. The second kappa shape index (κ2) is 5.87. The summed E-state index contributed by atoms with van der Waals surface area (Å²) in [5, 5.41) is 5.98. The molecule has 9 heteroatoms. The molecular weight excluding hydrogens is 428 g/mol. The first kappa shape index (κ1) is 19.1. The largest absolute Gasteiger partial charge is 0.370 e. The van der Waals surface area contributed by atoms with Gasteiger partial charge in [0.2, 0.25) is 23.6 Å². The molecule has 1 aromatic rings. The number of nitrogens with zero attached hydrogens (tertiary/aromatic N) is 1. The number of carbonyl (C=O) groups is 4. The summed E-state index contributed by atoms with van der Waals surface area (Å²) in [4.78, 5) is 52.7. The molecule has 8 nitrogen and oxygen atoms in total. The topological polar surface area (TPSA) is 122 Å². The molecule has 0 aliphatic carbocycles. The molecule has 4 atom stereocenters. The molecule has 148 valence electrons. The zero-order chi connectivity index (χ0) is 20.6. The van der Waals surface area contributed by atoms with Gasteiger partial charge in [-0.25, -0.2) is 0 Å². The highest BCUT2D eigenvalue weighted by Crippen LogP contribution is 2.54. The SMILES string of the molecule is CC(C)(C)N1C(=O)[C@@H]2[C@H](CC(N)=O)N[C@@]3(C(=O)Nc4ccc(Br)cc43)[C@@H]2C1=O. The molecule has 0 saturated carbocycles. The fourth-order valence-electron chi connectivity index (χ4n) is 4.83. The highest BCUT2D eigenvalue weighted by Gasteiger charge is 2.71. The Morgan fingerprint density at radius 3 is 2.54 bits per heavy atom. The highest BCUT2D eigenvalue weighted by atomic mass is 79.9. The third kappa shape index (κ3) is 2.39. The van der Waals surface area contributed by atoms with Gasteiger partial charge in [-0.1, -0.05) is 15.9 Å². The third-order valence-corrected chi connectivity index (χ3v) is 6.26. The van der Waals surface area contributed by atoms with Crippen molar-refractivity contribution in [2.75, 3.05) is 5.32 Å². The zero-order valence-electron chi connectivity index (χ0n) is 15.7. The lowest BCUT2D eigenvalue weighted by molar-refractivity contribution is -0.147. The van der Waals surface area contributed by atoms with E-state index < -0.39 is 46.7 Å². The Kier molecular flexibility index (Phi) is 4.00. The average molecular weight is 449 g/mol. The van der Waals surface area contributed by atoms with Gasteiger partial charge in [0.1, 0.15) is 5.54 Å². The molecule has 1 spiro atoms. The molecule has 4 N–H and O–H groups in total. The number of nitrogens with one attached hydrogen (secondary N) is 2. The van der Waals surface area contributed by atoms with Gasteiger partial charge in [0, 0.05) is 33.7 Å². The number of hydrogen-bond donors (Lipinski definition) is 3. The van der Waals surface area contributed by atoms with Gasteiger partial charge in [-0.2, -0.15) is 0 Å². The van der Waals surface area contributed by atoms with Gasteiger partial charge in [0.05, 0.1) is 11.8 Å². The van der Waals surface area contributed by atoms with Gasteiger partial charge >= 0.3 is 0 Å². The van der Waals surface area contributed by atoms with Gasteiger partial charge in [0.15, 0.2) is 0 Å². The second-order valence-corrected chi connectivity index (χ2v) is 9.48. The number of hydrogen-bond acceptors (Lipinski definition) is 5. The number of amides is 4. The van der Waals surface area contributed by atoms with Crippen LogP contribution < -0.4 is 16.4 Å². The molecule has 0 aromatic heterocycles. The zero-order valence-corrected chi connectivity index (χ0v) is 17.3. The predicted molar refractivity (Wildman–Crippen MR) is 104 cm³/mol. The maximum atomic E-state index is 13.4. The molecule has 1 aromatic carbocycles. The molecule has 28 heavy (non-hydrogen) atoms.